The summed E-state index contributed by atoms with van der Waals surface area (Å²) < 4.78 is 28.1. The molecule has 0 bridgehead atoms. The van der Waals surface area contributed by atoms with Gasteiger partial charge in [0.2, 0.25) is 0 Å². The second kappa shape index (κ2) is 9.22. The molecule has 1 aliphatic carbocycles. The Morgan fingerprint density at radius 3 is 1.93 bits per heavy atom. The van der Waals surface area contributed by atoms with E-state index in [9.17, 15) is 8.42 Å². The van der Waals surface area contributed by atoms with E-state index < -0.39 is 10.0 Å². The highest BCUT2D eigenvalue weighted by atomic mass is 32.2. The van der Waals surface area contributed by atoms with Crippen molar-refractivity contribution < 1.29 is 8.42 Å². The molecule has 0 heterocycles. The molecule has 0 aromatic heterocycles. The van der Waals surface area contributed by atoms with Gasteiger partial charge in [-0.05, 0) is 72.9 Å². The minimum atomic E-state index is -3.63. The summed E-state index contributed by atoms with van der Waals surface area (Å²) in [6.07, 6.45) is 6.20. The molecule has 1 fully saturated rings. The number of anilines is 1. The Balaban J connectivity index is 1.42. The van der Waals surface area contributed by atoms with Crippen molar-refractivity contribution in [2.75, 3.05) is 4.72 Å². The quantitative estimate of drug-likeness (QED) is 0.439. The van der Waals surface area contributed by atoms with Crippen LogP contribution in [-0.4, -0.2) is 8.42 Å². The highest BCUT2D eigenvalue weighted by Gasteiger charge is 2.18. The minimum Gasteiger partial charge on any atom is -0.280 e. The van der Waals surface area contributed by atoms with E-state index in [2.05, 4.69) is 15.0 Å². The lowest BCUT2D eigenvalue weighted by Crippen LogP contribution is -2.13. The summed E-state index contributed by atoms with van der Waals surface area (Å²) in [4.78, 5) is 0.273. The van der Waals surface area contributed by atoms with Crippen LogP contribution in [0.15, 0.2) is 94.0 Å². The number of azo groups is 1. The number of nitrogens with one attached hydrogen (secondary N) is 1. The number of nitrogens with zero attached hydrogens (tertiary/aromatic N) is 2. The molecule has 154 valence electrons. The van der Waals surface area contributed by atoms with Crippen LogP contribution in [0.4, 0.5) is 17.1 Å². The van der Waals surface area contributed by atoms with Crippen LogP contribution < -0.4 is 4.72 Å². The van der Waals surface area contributed by atoms with Crippen molar-refractivity contribution in [2.24, 2.45) is 10.2 Å². The third-order valence-corrected chi connectivity index (χ3v) is 6.82. The first kappa shape index (κ1) is 20.3. The molecule has 5 nitrogen and oxygen atoms in total. The van der Waals surface area contributed by atoms with Crippen molar-refractivity contribution in [3.8, 4) is 0 Å². The first-order valence-corrected chi connectivity index (χ1v) is 11.8. The molecule has 4 rings (SSSR count). The van der Waals surface area contributed by atoms with Crippen molar-refractivity contribution in [3.63, 3.8) is 0 Å². The van der Waals surface area contributed by atoms with Gasteiger partial charge in [0.1, 0.15) is 0 Å². The molecule has 0 unspecified atom stereocenters. The van der Waals surface area contributed by atoms with Crippen LogP contribution in [0.25, 0.3) is 0 Å². The van der Waals surface area contributed by atoms with Gasteiger partial charge < -0.3 is 0 Å². The highest BCUT2D eigenvalue weighted by Crippen LogP contribution is 2.33. The number of rotatable bonds is 6. The SMILES string of the molecule is O=S(=O)(Nc1ccc(N=Nc2ccccc2)cc1)c1ccc(C2CCCCC2)cc1. The van der Waals surface area contributed by atoms with Gasteiger partial charge in [-0.1, -0.05) is 49.6 Å². The first-order chi connectivity index (χ1) is 14.6. The molecule has 1 saturated carbocycles. The zero-order valence-corrected chi connectivity index (χ0v) is 17.6. The lowest BCUT2D eigenvalue weighted by Gasteiger charge is -2.22. The van der Waals surface area contributed by atoms with E-state index in [0.29, 0.717) is 17.3 Å². The average Bonchev–Trinajstić information content (AvgIpc) is 2.80. The monoisotopic (exact) mass is 419 g/mol. The molecule has 0 radical (unpaired) electrons. The number of hydrogen-bond acceptors (Lipinski definition) is 4. The molecule has 0 saturated heterocycles. The van der Waals surface area contributed by atoms with Crippen LogP contribution in [0.3, 0.4) is 0 Å². The van der Waals surface area contributed by atoms with Gasteiger partial charge in [-0.2, -0.15) is 10.2 Å². The zero-order chi connectivity index (χ0) is 20.8. The van der Waals surface area contributed by atoms with E-state index in [4.69, 9.17) is 0 Å². The maximum atomic E-state index is 12.7. The Kier molecular flexibility index (Phi) is 6.23. The Morgan fingerprint density at radius 1 is 0.700 bits per heavy atom. The lowest BCUT2D eigenvalue weighted by atomic mass is 9.84. The van der Waals surface area contributed by atoms with Crippen molar-refractivity contribution in [2.45, 2.75) is 42.9 Å². The maximum Gasteiger partial charge on any atom is 0.261 e. The molecule has 30 heavy (non-hydrogen) atoms. The van der Waals surface area contributed by atoms with Gasteiger partial charge in [0.25, 0.3) is 10.0 Å². The third kappa shape index (κ3) is 5.13. The number of hydrogen-bond donors (Lipinski definition) is 1. The van der Waals surface area contributed by atoms with Gasteiger partial charge in [0, 0.05) is 5.69 Å². The van der Waals surface area contributed by atoms with E-state index >= 15 is 0 Å². The smallest absolute Gasteiger partial charge is 0.261 e. The predicted molar refractivity (Wildman–Crippen MR) is 120 cm³/mol. The maximum absolute atomic E-state index is 12.7. The molecular formula is C24H25N3O2S. The Bertz CT molecular complexity index is 1090. The van der Waals surface area contributed by atoms with Gasteiger partial charge in [-0.25, -0.2) is 8.42 Å². The molecule has 3 aromatic carbocycles. The molecule has 1 N–H and O–H groups in total. The fourth-order valence-electron chi connectivity index (χ4n) is 3.78. The molecule has 3 aromatic rings. The topological polar surface area (TPSA) is 70.9 Å². The summed E-state index contributed by atoms with van der Waals surface area (Å²) in [5, 5.41) is 8.34. The van der Waals surface area contributed by atoms with Crippen LogP contribution in [0, 0.1) is 0 Å². The summed E-state index contributed by atoms with van der Waals surface area (Å²) in [6, 6.07) is 23.6. The summed E-state index contributed by atoms with van der Waals surface area (Å²) in [5.74, 6) is 0.557. The van der Waals surface area contributed by atoms with Gasteiger partial charge in [0.15, 0.2) is 0 Å². The number of sulfonamides is 1. The van der Waals surface area contributed by atoms with E-state index in [0.717, 1.165) is 5.69 Å². The summed E-state index contributed by atoms with van der Waals surface area (Å²) >= 11 is 0. The summed E-state index contributed by atoms with van der Waals surface area (Å²) in [7, 11) is -3.63. The van der Waals surface area contributed by atoms with Crippen molar-refractivity contribution >= 4 is 27.1 Å². The van der Waals surface area contributed by atoms with Gasteiger partial charge in [0.05, 0.1) is 16.3 Å². The average molecular weight is 420 g/mol. The normalized spacial score (nSPS) is 15.3. The second-order valence-electron chi connectivity index (χ2n) is 7.59. The Labute approximate surface area is 177 Å². The number of benzene rings is 3. The van der Waals surface area contributed by atoms with Crippen LogP contribution in [0.1, 0.15) is 43.6 Å². The molecule has 0 amide bonds. The largest absolute Gasteiger partial charge is 0.280 e. The van der Waals surface area contributed by atoms with E-state index in [-0.39, 0.29) is 4.90 Å². The Hall–Kier alpha value is -2.99. The highest BCUT2D eigenvalue weighted by molar-refractivity contribution is 7.92. The predicted octanol–water partition coefficient (Wildman–Crippen LogP) is 6.95. The van der Waals surface area contributed by atoms with Crippen LogP contribution in [0.2, 0.25) is 0 Å². The van der Waals surface area contributed by atoms with E-state index in [1.807, 2.05) is 42.5 Å². The fraction of sp³-hybridized carbons (Fsp3) is 0.250. The van der Waals surface area contributed by atoms with Gasteiger partial charge >= 0.3 is 0 Å². The zero-order valence-electron chi connectivity index (χ0n) is 16.7. The third-order valence-electron chi connectivity index (χ3n) is 5.42. The Morgan fingerprint density at radius 2 is 1.30 bits per heavy atom. The van der Waals surface area contributed by atoms with E-state index in [1.165, 1.54) is 37.7 Å². The van der Waals surface area contributed by atoms with Crippen molar-refractivity contribution in [1.29, 1.82) is 0 Å². The molecule has 6 heteroatoms. The molecule has 0 aliphatic heterocycles. The second-order valence-corrected chi connectivity index (χ2v) is 9.27. The van der Waals surface area contributed by atoms with E-state index in [1.54, 1.807) is 36.4 Å². The lowest BCUT2D eigenvalue weighted by molar-refractivity contribution is 0.443. The first-order valence-electron chi connectivity index (χ1n) is 10.3. The molecular weight excluding hydrogens is 394 g/mol. The molecule has 0 spiro atoms. The van der Waals surface area contributed by atoms with Crippen molar-refractivity contribution in [1.82, 2.24) is 0 Å². The van der Waals surface area contributed by atoms with Crippen molar-refractivity contribution in [3.05, 3.63) is 84.4 Å². The fourth-order valence-corrected chi connectivity index (χ4v) is 4.83. The standard InChI is InChI=1S/C24H25N3O2S/c28-30(29,24-17-11-20(12-18-24)19-7-3-1-4-8-19)27-23-15-13-22(14-16-23)26-25-21-9-5-2-6-10-21/h2,5-6,9-19,27H,1,3-4,7-8H2. The molecule has 1 aliphatic rings. The molecule has 0 atom stereocenters. The van der Waals surface area contributed by atoms with Crippen LogP contribution in [-0.2, 0) is 10.0 Å². The summed E-state index contributed by atoms with van der Waals surface area (Å²) in [6.45, 7) is 0. The minimum absolute atomic E-state index is 0.273. The van der Waals surface area contributed by atoms with Gasteiger partial charge in [-0.3, -0.25) is 4.72 Å². The summed E-state index contributed by atoms with van der Waals surface area (Å²) in [5.41, 5.74) is 3.14. The van der Waals surface area contributed by atoms with Crippen LogP contribution in [0.5, 0.6) is 0 Å². The van der Waals surface area contributed by atoms with Crippen LogP contribution >= 0.6 is 0 Å². The van der Waals surface area contributed by atoms with Gasteiger partial charge in [-0.15, -0.1) is 0 Å².